The molecule has 4 rings (SSSR count). The Bertz CT molecular complexity index is 653. The molecular formula is C19H25NO3S. The Kier molecular flexibility index (Phi) is 4.37. The lowest BCUT2D eigenvalue weighted by molar-refractivity contribution is -0.145. The first-order valence-electron chi connectivity index (χ1n) is 9.20. The highest BCUT2D eigenvalue weighted by molar-refractivity contribution is 7.10. The molecule has 0 bridgehead atoms. The molecule has 0 aromatic carbocycles. The SMILES string of the molecule is COC(=O)[C@@H]1C[C@@H]2CCCC[C@@H]2N1C(=O)c1csc2c1CCCC2. The molecule has 1 aromatic heterocycles. The molecule has 1 amide bonds. The smallest absolute Gasteiger partial charge is 0.328 e. The fraction of sp³-hybridized carbons (Fsp3) is 0.684. The minimum atomic E-state index is -0.394. The van der Waals surface area contributed by atoms with Crippen LogP contribution in [-0.4, -0.2) is 36.0 Å². The molecule has 0 unspecified atom stereocenters. The van der Waals surface area contributed by atoms with Gasteiger partial charge < -0.3 is 9.64 Å². The zero-order valence-electron chi connectivity index (χ0n) is 14.3. The van der Waals surface area contributed by atoms with Crippen LogP contribution >= 0.6 is 11.3 Å². The van der Waals surface area contributed by atoms with Crippen LogP contribution < -0.4 is 0 Å². The molecule has 0 N–H and O–H groups in total. The molecule has 5 heteroatoms. The van der Waals surface area contributed by atoms with Gasteiger partial charge in [-0.3, -0.25) is 4.79 Å². The Morgan fingerprint density at radius 1 is 1.17 bits per heavy atom. The number of aryl methyl sites for hydroxylation is 1. The lowest BCUT2D eigenvalue weighted by Gasteiger charge is -2.33. The minimum absolute atomic E-state index is 0.0687. The second-order valence-corrected chi connectivity index (χ2v) is 8.32. The third-order valence-electron chi connectivity index (χ3n) is 6.09. The van der Waals surface area contributed by atoms with Crippen LogP contribution in [0.2, 0.25) is 0 Å². The number of fused-ring (bicyclic) bond motifs is 2. The highest BCUT2D eigenvalue weighted by atomic mass is 32.1. The zero-order valence-corrected chi connectivity index (χ0v) is 15.1. The Hall–Kier alpha value is -1.36. The average molecular weight is 347 g/mol. The number of rotatable bonds is 2. The first-order valence-corrected chi connectivity index (χ1v) is 10.1. The molecule has 0 radical (unpaired) electrons. The van der Waals surface area contributed by atoms with E-state index in [-0.39, 0.29) is 17.9 Å². The van der Waals surface area contributed by atoms with Crippen molar-refractivity contribution in [1.82, 2.24) is 4.90 Å². The van der Waals surface area contributed by atoms with E-state index in [0.717, 1.165) is 50.5 Å². The molecule has 2 fully saturated rings. The van der Waals surface area contributed by atoms with E-state index in [9.17, 15) is 9.59 Å². The van der Waals surface area contributed by atoms with E-state index in [1.165, 1.54) is 30.4 Å². The fourth-order valence-corrected chi connectivity index (χ4v) is 6.03. The van der Waals surface area contributed by atoms with Gasteiger partial charge in [-0.25, -0.2) is 4.79 Å². The van der Waals surface area contributed by atoms with Crippen LogP contribution in [-0.2, 0) is 22.4 Å². The third kappa shape index (κ3) is 2.57. The average Bonchev–Trinajstić information content (AvgIpc) is 3.22. The molecule has 1 saturated carbocycles. The maximum Gasteiger partial charge on any atom is 0.328 e. The second kappa shape index (κ2) is 6.51. The molecule has 24 heavy (non-hydrogen) atoms. The summed E-state index contributed by atoms with van der Waals surface area (Å²) in [5.41, 5.74) is 2.11. The van der Waals surface area contributed by atoms with E-state index in [1.54, 1.807) is 11.3 Å². The summed E-state index contributed by atoms with van der Waals surface area (Å²) in [4.78, 5) is 29.0. The van der Waals surface area contributed by atoms with E-state index < -0.39 is 6.04 Å². The van der Waals surface area contributed by atoms with Gasteiger partial charge in [0, 0.05) is 16.3 Å². The highest BCUT2D eigenvalue weighted by Gasteiger charge is 2.48. The van der Waals surface area contributed by atoms with Gasteiger partial charge in [-0.1, -0.05) is 12.8 Å². The van der Waals surface area contributed by atoms with Crippen LogP contribution in [0.4, 0.5) is 0 Å². The molecule has 3 atom stereocenters. The van der Waals surface area contributed by atoms with Crippen molar-refractivity contribution in [3.05, 3.63) is 21.4 Å². The van der Waals surface area contributed by atoms with Crippen molar-refractivity contribution in [2.75, 3.05) is 7.11 Å². The number of amides is 1. The van der Waals surface area contributed by atoms with Gasteiger partial charge >= 0.3 is 5.97 Å². The molecule has 1 saturated heterocycles. The summed E-state index contributed by atoms with van der Waals surface area (Å²) in [7, 11) is 1.43. The van der Waals surface area contributed by atoms with E-state index in [4.69, 9.17) is 4.74 Å². The quantitative estimate of drug-likeness (QED) is 0.768. The van der Waals surface area contributed by atoms with Gasteiger partial charge in [0.05, 0.1) is 12.7 Å². The first kappa shape index (κ1) is 16.1. The molecule has 1 aliphatic heterocycles. The summed E-state index contributed by atoms with van der Waals surface area (Å²) in [6.07, 6.45) is 9.78. The number of esters is 1. The van der Waals surface area contributed by atoms with Crippen LogP contribution in [0.25, 0.3) is 0 Å². The fourth-order valence-electron chi connectivity index (χ4n) is 4.91. The summed E-state index contributed by atoms with van der Waals surface area (Å²) in [6.45, 7) is 0. The molecule has 1 aromatic rings. The van der Waals surface area contributed by atoms with Gasteiger partial charge in [0.15, 0.2) is 0 Å². The summed E-state index contributed by atoms with van der Waals surface area (Å²) in [6, 6.07) is -0.177. The van der Waals surface area contributed by atoms with Crippen molar-refractivity contribution in [3.8, 4) is 0 Å². The van der Waals surface area contributed by atoms with Gasteiger partial charge in [-0.15, -0.1) is 11.3 Å². The van der Waals surface area contributed by atoms with Crippen molar-refractivity contribution < 1.29 is 14.3 Å². The van der Waals surface area contributed by atoms with Crippen LogP contribution in [0.15, 0.2) is 5.38 Å². The normalized spacial score (nSPS) is 29.0. The minimum Gasteiger partial charge on any atom is -0.467 e. The van der Waals surface area contributed by atoms with Crippen molar-refractivity contribution >= 4 is 23.2 Å². The van der Waals surface area contributed by atoms with Crippen LogP contribution in [0, 0.1) is 5.92 Å². The number of methoxy groups -OCH3 is 1. The second-order valence-electron chi connectivity index (χ2n) is 7.36. The lowest BCUT2D eigenvalue weighted by atomic mass is 9.84. The molecule has 2 heterocycles. The maximum atomic E-state index is 13.4. The summed E-state index contributed by atoms with van der Waals surface area (Å²) >= 11 is 1.72. The van der Waals surface area contributed by atoms with Gasteiger partial charge in [0.1, 0.15) is 6.04 Å². The van der Waals surface area contributed by atoms with E-state index >= 15 is 0 Å². The van der Waals surface area contributed by atoms with Crippen LogP contribution in [0.1, 0.15) is 65.7 Å². The summed E-state index contributed by atoms with van der Waals surface area (Å²) < 4.78 is 5.02. The van der Waals surface area contributed by atoms with Crippen molar-refractivity contribution in [3.63, 3.8) is 0 Å². The van der Waals surface area contributed by atoms with Gasteiger partial charge in [0.25, 0.3) is 5.91 Å². The molecule has 130 valence electrons. The predicted octanol–water partition coefficient (Wildman–Crippen LogP) is 3.57. The van der Waals surface area contributed by atoms with Crippen LogP contribution in [0.5, 0.6) is 0 Å². The third-order valence-corrected chi connectivity index (χ3v) is 7.18. The number of likely N-dealkylation sites (tertiary alicyclic amines) is 1. The number of ether oxygens (including phenoxy) is 1. The number of nitrogens with zero attached hydrogens (tertiary/aromatic N) is 1. The molecular weight excluding hydrogens is 322 g/mol. The lowest BCUT2D eigenvalue weighted by Crippen LogP contribution is -2.46. The molecule has 3 aliphatic rings. The number of carbonyl (C=O) groups excluding carboxylic acids is 2. The van der Waals surface area contributed by atoms with Crippen molar-refractivity contribution in [2.45, 2.75) is 69.9 Å². The van der Waals surface area contributed by atoms with Crippen LogP contribution in [0.3, 0.4) is 0 Å². The molecule has 0 spiro atoms. The number of hydrogen-bond donors (Lipinski definition) is 0. The first-order chi connectivity index (χ1) is 11.7. The molecule has 2 aliphatic carbocycles. The Labute approximate surface area is 147 Å². The number of carbonyl (C=O) groups is 2. The Morgan fingerprint density at radius 3 is 2.79 bits per heavy atom. The highest BCUT2D eigenvalue weighted by Crippen LogP contribution is 2.42. The zero-order chi connectivity index (χ0) is 16.7. The molecule has 4 nitrogen and oxygen atoms in total. The largest absolute Gasteiger partial charge is 0.467 e. The Balaban J connectivity index is 1.67. The van der Waals surface area contributed by atoms with Gasteiger partial charge in [-0.2, -0.15) is 0 Å². The van der Waals surface area contributed by atoms with Crippen molar-refractivity contribution in [1.29, 1.82) is 0 Å². The Morgan fingerprint density at radius 2 is 1.96 bits per heavy atom. The van der Waals surface area contributed by atoms with Gasteiger partial charge in [-0.05, 0) is 56.4 Å². The topological polar surface area (TPSA) is 46.6 Å². The standard InChI is InChI=1S/C19H25NO3S/c1-23-19(22)16-10-12-6-2-4-8-15(12)20(16)18(21)14-11-24-17-9-5-3-7-13(14)17/h11-12,15-16H,2-10H2,1H3/t12-,15-,16-/m0/s1. The number of thiophene rings is 1. The monoisotopic (exact) mass is 347 g/mol. The number of hydrogen-bond acceptors (Lipinski definition) is 4. The maximum absolute atomic E-state index is 13.4. The summed E-state index contributed by atoms with van der Waals surface area (Å²) in [5.74, 6) is 0.280. The van der Waals surface area contributed by atoms with Gasteiger partial charge in [0.2, 0.25) is 0 Å². The van der Waals surface area contributed by atoms with Crippen molar-refractivity contribution in [2.24, 2.45) is 5.92 Å². The van der Waals surface area contributed by atoms with E-state index in [2.05, 4.69) is 0 Å². The van der Waals surface area contributed by atoms with E-state index in [1.807, 2.05) is 10.3 Å². The predicted molar refractivity (Wildman–Crippen MR) is 93.3 cm³/mol. The van der Waals surface area contributed by atoms with E-state index in [0.29, 0.717) is 5.92 Å². The summed E-state index contributed by atoms with van der Waals surface area (Å²) in [5, 5.41) is 2.03.